The Morgan fingerprint density at radius 3 is 0.750 bits per heavy atom. The minimum Gasteiger partial charge on any atom is -3.00 e. The second-order valence-electron chi connectivity index (χ2n) is 0. The van der Waals surface area contributed by atoms with Crippen molar-refractivity contribution in [2.45, 2.75) is 0 Å². The molecule has 0 bridgehead atoms. The monoisotopic (exact) mass is 304 g/mol. The molecule has 0 rings (SSSR count). The molecule has 0 saturated heterocycles. The van der Waals surface area contributed by atoms with E-state index in [0.29, 0.717) is 0 Å². The van der Waals surface area contributed by atoms with Crippen LogP contribution in [0.3, 0.4) is 0 Å². The molecule has 0 nitrogen and oxygen atoms in total. The number of hydrogen-bond donors (Lipinski definition) is 0. The average Bonchev–Trinajstić information content (AvgIpc) is 0. The van der Waals surface area contributed by atoms with E-state index < -0.39 is 0 Å². The topological polar surface area (TPSA) is 0 Å². The van der Waals surface area contributed by atoms with Gasteiger partial charge in [-0.15, -0.1) is 0 Å². The van der Waals surface area contributed by atoms with Crippen LogP contribution >= 0.6 is 19.8 Å². The Morgan fingerprint density at radius 1 is 0.750 bits per heavy atom. The van der Waals surface area contributed by atoms with Crippen LogP contribution in [-0.4, -0.2) is 0 Å². The van der Waals surface area contributed by atoms with Gasteiger partial charge in [0.1, 0.15) is 0 Å². The fourth-order valence-electron chi connectivity index (χ4n) is 0. The Balaban J connectivity index is 0. The molecule has 0 aliphatic heterocycles. The van der Waals surface area contributed by atoms with Gasteiger partial charge < -0.3 is 19.8 Å². The van der Waals surface area contributed by atoms with Gasteiger partial charge in [-0.25, -0.2) is 0 Å². The van der Waals surface area contributed by atoms with Gasteiger partial charge in [-0.3, -0.25) is 0 Å². The van der Waals surface area contributed by atoms with Crippen molar-refractivity contribution in [1.82, 2.24) is 0 Å². The standard InChI is InChI=1S/Ni.2P.W/q;2*-3;+6. The van der Waals surface area contributed by atoms with Gasteiger partial charge in [0, 0.05) is 16.5 Å². The first-order chi connectivity index (χ1) is 0. The van der Waals surface area contributed by atoms with Gasteiger partial charge in [0.2, 0.25) is 0 Å². The molecule has 0 aromatic rings. The van der Waals surface area contributed by atoms with Crippen LogP contribution in [0.1, 0.15) is 0 Å². The first-order valence-electron chi connectivity index (χ1n) is 0. The summed E-state index contributed by atoms with van der Waals surface area (Å²) in [6, 6.07) is 0. The van der Waals surface area contributed by atoms with E-state index in [0.717, 1.165) is 0 Å². The van der Waals surface area contributed by atoms with Crippen molar-refractivity contribution in [1.29, 1.82) is 0 Å². The van der Waals surface area contributed by atoms with Crippen molar-refractivity contribution in [2.24, 2.45) is 0 Å². The summed E-state index contributed by atoms with van der Waals surface area (Å²) in [5.41, 5.74) is 0. The van der Waals surface area contributed by atoms with Gasteiger partial charge >= 0.3 is 21.1 Å². The maximum absolute atomic E-state index is 0. The van der Waals surface area contributed by atoms with Crippen LogP contribution in [0.25, 0.3) is 0 Å². The van der Waals surface area contributed by atoms with Crippen molar-refractivity contribution in [3.8, 4) is 0 Å². The Kier molecular flexibility index (Phi) is 182. The maximum atomic E-state index is 0. The van der Waals surface area contributed by atoms with Crippen molar-refractivity contribution in [2.75, 3.05) is 0 Å². The molecule has 0 fully saturated rings. The van der Waals surface area contributed by atoms with Crippen molar-refractivity contribution in [3.05, 3.63) is 0 Å². The zero-order valence-electron chi connectivity index (χ0n) is 1.62. The quantitative estimate of drug-likeness (QED) is 0.472. The zero-order chi connectivity index (χ0) is 0. The fourth-order valence-corrected chi connectivity index (χ4v) is 0. The van der Waals surface area contributed by atoms with Crippen LogP contribution in [0.4, 0.5) is 0 Å². The van der Waals surface area contributed by atoms with Crippen molar-refractivity contribution in [3.63, 3.8) is 0 Å². The normalized spacial score (nSPS) is 0. The van der Waals surface area contributed by atoms with Crippen LogP contribution in [-0.2, 0) is 37.6 Å². The van der Waals surface area contributed by atoms with Gasteiger partial charge in [0.15, 0.2) is 0 Å². The molecular weight excluding hydrogens is 304 g/mol. The summed E-state index contributed by atoms with van der Waals surface area (Å²) >= 11 is 0. The molecule has 0 aromatic heterocycles. The molecule has 0 aliphatic carbocycles. The molecule has 0 unspecified atom stereocenters. The van der Waals surface area contributed by atoms with Crippen LogP contribution in [0, 0.1) is 0 Å². The Morgan fingerprint density at radius 2 is 0.750 bits per heavy atom. The number of hydrogen-bond acceptors (Lipinski definition) is 0. The first kappa shape index (κ1) is 36.8. The second kappa shape index (κ2) is 19.8. The van der Waals surface area contributed by atoms with Crippen LogP contribution in [0.2, 0.25) is 0 Å². The van der Waals surface area contributed by atoms with Crippen LogP contribution < -0.4 is 0 Å². The van der Waals surface area contributed by atoms with Crippen molar-refractivity contribution >= 4 is 19.8 Å². The second-order valence-corrected chi connectivity index (χ2v) is 0. The summed E-state index contributed by atoms with van der Waals surface area (Å²) in [5, 5.41) is 0. The van der Waals surface area contributed by atoms with Gasteiger partial charge in [0.05, 0.1) is 0 Å². The maximum Gasteiger partial charge on any atom is 6.00 e. The Labute approximate surface area is 57.3 Å². The molecule has 0 spiro atoms. The van der Waals surface area contributed by atoms with Gasteiger partial charge in [-0.2, -0.15) is 0 Å². The third-order valence-corrected chi connectivity index (χ3v) is 0. The summed E-state index contributed by atoms with van der Waals surface area (Å²) in [6.07, 6.45) is 0. The average molecular weight is 304 g/mol. The largest absolute Gasteiger partial charge is 6.00 e. The molecular formula is NiP2W. The molecule has 26 valence electrons. The Bertz CT molecular complexity index is 6.00. The molecule has 0 N–H and O–H groups in total. The van der Waals surface area contributed by atoms with E-state index in [1.807, 2.05) is 0 Å². The molecule has 4 heteroatoms. The third-order valence-electron chi connectivity index (χ3n) is 0. The van der Waals surface area contributed by atoms with E-state index in [1.54, 1.807) is 0 Å². The third kappa shape index (κ3) is 8.97. The molecule has 0 aromatic carbocycles. The molecule has 0 heterocycles. The van der Waals surface area contributed by atoms with Crippen LogP contribution in [0.5, 0.6) is 0 Å². The van der Waals surface area contributed by atoms with E-state index in [2.05, 4.69) is 0 Å². The van der Waals surface area contributed by atoms with Gasteiger partial charge in [0.25, 0.3) is 0 Å². The first-order valence-corrected chi connectivity index (χ1v) is 0. The molecule has 0 amide bonds. The van der Waals surface area contributed by atoms with E-state index in [9.17, 15) is 0 Å². The molecule has 0 atom stereocenters. The van der Waals surface area contributed by atoms with E-state index in [1.165, 1.54) is 0 Å². The summed E-state index contributed by atoms with van der Waals surface area (Å²) in [4.78, 5) is 0. The number of rotatable bonds is 0. The van der Waals surface area contributed by atoms with Crippen LogP contribution in [0.15, 0.2) is 0 Å². The predicted octanol–water partition coefficient (Wildman–Crippen LogP) is 1.72. The zero-order valence-corrected chi connectivity index (χ0v) is 7.33. The summed E-state index contributed by atoms with van der Waals surface area (Å²) < 4.78 is 0. The van der Waals surface area contributed by atoms with Gasteiger partial charge in [-0.1, -0.05) is 0 Å². The Hall–Kier alpha value is 2.04. The van der Waals surface area contributed by atoms with Gasteiger partial charge in [-0.05, 0) is 0 Å². The minimum absolute atomic E-state index is 0. The summed E-state index contributed by atoms with van der Waals surface area (Å²) in [6.45, 7) is 0. The summed E-state index contributed by atoms with van der Waals surface area (Å²) in [5.74, 6) is 0. The minimum atomic E-state index is 0. The van der Waals surface area contributed by atoms with Crippen molar-refractivity contribution < 1.29 is 37.6 Å². The molecule has 0 saturated carbocycles. The summed E-state index contributed by atoms with van der Waals surface area (Å²) in [7, 11) is 0. The molecule has 0 radical (unpaired) electrons. The fraction of sp³-hybridized carbons (Fsp3) is 0. The smallest absolute Gasteiger partial charge is 3.00 e. The SMILES string of the molecule is [Ni].[P-3].[P-3].[W+6]. The molecule has 0 aliphatic rings. The molecule has 4 heavy (non-hydrogen) atoms. The van der Waals surface area contributed by atoms with E-state index in [4.69, 9.17) is 0 Å². The van der Waals surface area contributed by atoms with E-state index in [-0.39, 0.29) is 57.4 Å². The predicted molar refractivity (Wildman–Crippen MR) is 13.8 cm³/mol. The van der Waals surface area contributed by atoms with E-state index >= 15 is 0 Å².